The zero-order chi connectivity index (χ0) is 17.5. The third-order valence-corrected chi connectivity index (χ3v) is 5.16. The Morgan fingerprint density at radius 1 is 1.12 bits per heavy atom. The second kappa shape index (κ2) is 8.72. The van der Waals surface area contributed by atoms with E-state index >= 15 is 0 Å². The fourth-order valence-electron chi connectivity index (χ4n) is 2.81. The number of carbonyl (C=O) groups excluding carboxylic acids is 1. The normalized spacial score (nSPS) is 10.9. The highest BCUT2D eigenvalue weighted by Crippen LogP contribution is 2.18. The lowest BCUT2D eigenvalue weighted by Crippen LogP contribution is -2.27. The number of para-hydroxylation sites is 2. The minimum atomic E-state index is 0.121. The molecule has 0 saturated carbocycles. The van der Waals surface area contributed by atoms with Gasteiger partial charge in [0.05, 0.1) is 11.0 Å². The van der Waals surface area contributed by atoms with Crippen LogP contribution in [0.3, 0.4) is 0 Å². The minimum Gasteiger partial charge on any atom is -0.354 e. The molecule has 0 spiro atoms. The summed E-state index contributed by atoms with van der Waals surface area (Å²) in [5.74, 6) is 2.06. The molecule has 0 aliphatic rings. The lowest BCUT2D eigenvalue weighted by atomic mass is 10.3. The van der Waals surface area contributed by atoms with E-state index in [1.807, 2.05) is 43.3 Å². The molecule has 0 unspecified atom stereocenters. The van der Waals surface area contributed by atoms with Crippen LogP contribution in [0, 0.1) is 6.92 Å². The average molecular weight is 353 g/mol. The number of imidazole rings is 1. The van der Waals surface area contributed by atoms with Crippen molar-refractivity contribution < 1.29 is 4.79 Å². The van der Waals surface area contributed by atoms with Crippen LogP contribution in [0.1, 0.15) is 18.7 Å². The topological polar surface area (TPSA) is 46.9 Å². The highest BCUT2D eigenvalue weighted by molar-refractivity contribution is 7.99. The zero-order valence-corrected chi connectivity index (χ0v) is 15.3. The second-order valence-corrected chi connectivity index (χ2v) is 7.08. The molecule has 1 N–H and O–H groups in total. The predicted molar refractivity (Wildman–Crippen MR) is 104 cm³/mol. The first-order valence-corrected chi connectivity index (χ1v) is 9.59. The first-order chi connectivity index (χ1) is 12.2. The van der Waals surface area contributed by atoms with Gasteiger partial charge in [0.1, 0.15) is 5.82 Å². The van der Waals surface area contributed by atoms with E-state index in [2.05, 4.69) is 33.1 Å². The van der Waals surface area contributed by atoms with Crippen molar-refractivity contribution in [3.63, 3.8) is 0 Å². The fourth-order valence-corrected chi connectivity index (χ4v) is 3.69. The number of nitrogens with one attached hydrogen (secondary N) is 1. The molecule has 4 nitrogen and oxygen atoms in total. The molecule has 0 bridgehead atoms. The Bertz CT molecular complexity index is 829. The molecule has 5 heteroatoms. The van der Waals surface area contributed by atoms with Gasteiger partial charge in [0, 0.05) is 24.4 Å². The maximum atomic E-state index is 12.0. The van der Waals surface area contributed by atoms with Crippen LogP contribution in [0.5, 0.6) is 0 Å². The molecule has 3 aromatic rings. The van der Waals surface area contributed by atoms with E-state index in [-0.39, 0.29) is 5.91 Å². The van der Waals surface area contributed by atoms with Crippen LogP contribution in [0.25, 0.3) is 11.0 Å². The van der Waals surface area contributed by atoms with Gasteiger partial charge in [-0.05, 0) is 43.4 Å². The Kier molecular flexibility index (Phi) is 6.12. The summed E-state index contributed by atoms with van der Waals surface area (Å²) in [4.78, 5) is 17.8. The van der Waals surface area contributed by atoms with Crippen molar-refractivity contribution in [2.24, 2.45) is 0 Å². The molecule has 0 fully saturated rings. The molecule has 1 aromatic heterocycles. The lowest BCUT2D eigenvalue weighted by molar-refractivity contribution is -0.121. The number of thioether (sulfide) groups is 1. The van der Waals surface area contributed by atoms with Crippen LogP contribution in [0.2, 0.25) is 0 Å². The van der Waals surface area contributed by atoms with Crippen molar-refractivity contribution in [3.8, 4) is 0 Å². The first-order valence-electron chi connectivity index (χ1n) is 8.60. The molecule has 1 heterocycles. The van der Waals surface area contributed by atoms with Gasteiger partial charge in [0.15, 0.2) is 0 Å². The van der Waals surface area contributed by atoms with Gasteiger partial charge in [-0.25, -0.2) is 4.98 Å². The average Bonchev–Trinajstić information content (AvgIpc) is 2.95. The number of rotatable bonds is 8. The summed E-state index contributed by atoms with van der Waals surface area (Å²) < 4.78 is 2.15. The molecule has 0 aliphatic carbocycles. The molecule has 130 valence electrons. The van der Waals surface area contributed by atoms with Crippen LogP contribution < -0.4 is 5.32 Å². The van der Waals surface area contributed by atoms with E-state index in [0.717, 1.165) is 35.6 Å². The predicted octanol–water partition coefficient (Wildman–Crippen LogP) is 4.03. The molecule has 0 atom stereocenters. The highest BCUT2D eigenvalue weighted by Gasteiger charge is 2.07. The number of hydrogen-bond acceptors (Lipinski definition) is 3. The van der Waals surface area contributed by atoms with Crippen LogP contribution in [-0.4, -0.2) is 27.8 Å². The van der Waals surface area contributed by atoms with Crippen molar-refractivity contribution in [1.82, 2.24) is 14.9 Å². The number of aromatic nitrogens is 2. The lowest BCUT2D eigenvalue weighted by Gasteiger charge is -2.08. The van der Waals surface area contributed by atoms with Gasteiger partial charge in [0.2, 0.25) is 5.91 Å². The molecule has 0 aliphatic heterocycles. The van der Waals surface area contributed by atoms with Gasteiger partial charge >= 0.3 is 0 Å². The van der Waals surface area contributed by atoms with E-state index in [1.165, 1.54) is 4.90 Å². The highest BCUT2D eigenvalue weighted by atomic mass is 32.2. The van der Waals surface area contributed by atoms with Gasteiger partial charge in [0.25, 0.3) is 0 Å². The summed E-state index contributed by atoms with van der Waals surface area (Å²) in [6.07, 6.45) is 1.46. The largest absolute Gasteiger partial charge is 0.354 e. The summed E-state index contributed by atoms with van der Waals surface area (Å²) >= 11 is 1.80. The molecule has 25 heavy (non-hydrogen) atoms. The van der Waals surface area contributed by atoms with Crippen molar-refractivity contribution >= 4 is 28.7 Å². The van der Waals surface area contributed by atoms with Crippen LogP contribution in [-0.2, 0) is 11.3 Å². The fraction of sp³-hybridized carbons (Fsp3) is 0.300. The Hall–Kier alpha value is -2.27. The minimum absolute atomic E-state index is 0.121. The molecule has 1 amide bonds. The number of benzene rings is 2. The van der Waals surface area contributed by atoms with Crippen molar-refractivity contribution in [1.29, 1.82) is 0 Å². The van der Waals surface area contributed by atoms with E-state index in [0.29, 0.717) is 13.0 Å². The van der Waals surface area contributed by atoms with E-state index in [1.54, 1.807) is 11.8 Å². The number of nitrogens with zero attached hydrogens (tertiary/aromatic N) is 2. The van der Waals surface area contributed by atoms with Crippen molar-refractivity contribution in [2.45, 2.75) is 31.2 Å². The maximum Gasteiger partial charge on any atom is 0.220 e. The summed E-state index contributed by atoms with van der Waals surface area (Å²) in [6.45, 7) is 3.38. The number of hydrogen-bond donors (Lipinski definition) is 1. The third kappa shape index (κ3) is 4.86. The zero-order valence-electron chi connectivity index (χ0n) is 14.4. The number of fused-ring (bicyclic) bond motifs is 1. The van der Waals surface area contributed by atoms with Crippen molar-refractivity contribution in [3.05, 3.63) is 60.4 Å². The van der Waals surface area contributed by atoms with Gasteiger partial charge < -0.3 is 9.88 Å². The van der Waals surface area contributed by atoms with E-state index < -0.39 is 0 Å². The van der Waals surface area contributed by atoms with Gasteiger partial charge in [-0.1, -0.05) is 30.3 Å². The SMILES string of the molecule is Cc1nc2ccccc2n1CCNC(=O)CCCSc1ccccc1. The Morgan fingerprint density at radius 3 is 2.72 bits per heavy atom. The van der Waals surface area contributed by atoms with E-state index in [9.17, 15) is 4.79 Å². The third-order valence-electron chi connectivity index (χ3n) is 4.06. The Balaban J connectivity index is 1.38. The number of carbonyl (C=O) groups is 1. The summed E-state index contributed by atoms with van der Waals surface area (Å²) in [5, 5.41) is 3.01. The Labute approximate surface area is 152 Å². The molecule has 2 aromatic carbocycles. The summed E-state index contributed by atoms with van der Waals surface area (Å²) in [5.41, 5.74) is 2.12. The monoisotopic (exact) mass is 353 g/mol. The smallest absolute Gasteiger partial charge is 0.220 e. The van der Waals surface area contributed by atoms with Crippen LogP contribution in [0.15, 0.2) is 59.5 Å². The number of amides is 1. The van der Waals surface area contributed by atoms with E-state index in [4.69, 9.17) is 0 Å². The standard InChI is InChI=1S/C20H23N3OS/c1-16-22-18-10-5-6-11-19(18)23(16)14-13-21-20(24)12-7-15-25-17-8-3-2-4-9-17/h2-6,8-11H,7,12-15H2,1H3,(H,21,24). The van der Waals surface area contributed by atoms with Gasteiger partial charge in [-0.2, -0.15) is 0 Å². The van der Waals surface area contributed by atoms with Gasteiger partial charge in [-0.3, -0.25) is 4.79 Å². The maximum absolute atomic E-state index is 12.0. The second-order valence-electron chi connectivity index (χ2n) is 5.91. The quantitative estimate of drug-likeness (QED) is 0.491. The molecule has 0 radical (unpaired) electrons. The Morgan fingerprint density at radius 2 is 1.88 bits per heavy atom. The summed E-state index contributed by atoms with van der Waals surface area (Å²) in [6, 6.07) is 18.4. The summed E-state index contributed by atoms with van der Waals surface area (Å²) in [7, 11) is 0. The van der Waals surface area contributed by atoms with Crippen LogP contribution in [0.4, 0.5) is 0 Å². The molecule has 3 rings (SSSR count). The number of aryl methyl sites for hydroxylation is 1. The first kappa shape index (κ1) is 17.5. The van der Waals surface area contributed by atoms with Crippen molar-refractivity contribution in [2.75, 3.05) is 12.3 Å². The van der Waals surface area contributed by atoms with Crippen LogP contribution >= 0.6 is 11.8 Å². The molecular formula is C20H23N3OS. The van der Waals surface area contributed by atoms with Gasteiger partial charge in [-0.15, -0.1) is 11.8 Å². The molecule has 0 saturated heterocycles. The molecular weight excluding hydrogens is 330 g/mol.